The molecule has 0 saturated heterocycles. The molecule has 2 N–H and O–H groups in total. The van der Waals surface area contributed by atoms with Crippen molar-refractivity contribution in [2.24, 2.45) is 5.73 Å². The van der Waals surface area contributed by atoms with Crippen LogP contribution in [0.2, 0.25) is 0 Å². The Bertz CT molecular complexity index is 371. The number of ether oxygens (including phenoxy) is 1. The van der Waals surface area contributed by atoms with Crippen LogP contribution in [0.5, 0.6) is 5.75 Å². The van der Waals surface area contributed by atoms with Gasteiger partial charge in [-0.2, -0.15) is 0 Å². The van der Waals surface area contributed by atoms with Crippen molar-refractivity contribution in [1.29, 1.82) is 0 Å². The lowest BCUT2D eigenvalue weighted by Crippen LogP contribution is -2.19. The molecule has 0 saturated carbocycles. The standard InChI is InChI=1S/C13H19NO/c1-4-11(14)9-5-6-12-10(7-9)13(2,3)8-15-12/h5-7,11H,4,8,14H2,1-3H3. The van der Waals surface area contributed by atoms with E-state index in [-0.39, 0.29) is 11.5 Å². The SMILES string of the molecule is CCC(N)c1ccc2c(c1)C(C)(C)CO2. The van der Waals surface area contributed by atoms with Gasteiger partial charge in [-0.05, 0) is 24.1 Å². The number of benzene rings is 1. The van der Waals surface area contributed by atoms with E-state index in [1.165, 1.54) is 11.1 Å². The van der Waals surface area contributed by atoms with Crippen molar-refractivity contribution in [3.63, 3.8) is 0 Å². The first-order valence-corrected chi connectivity index (χ1v) is 5.57. The molecule has 0 fully saturated rings. The summed E-state index contributed by atoms with van der Waals surface area (Å²) in [5, 5.41) is 0. The van der Waals surface area contributed by atoms with Gasteiger partial charge in [-0.15, -0.1) is 0 Å². The third-order valence-corrected chi connectivity index (χ3v) is 3.19. The first-order chi connectivity index (χ1) is 7.04. The van der Waals surface area contributed by atoms with Gasteiger partial charge < -0.3 is 10.5 Å². The highest BCUT2D eigenvalue weighted by atomic mass is 16.5. The molecule has 15 heavy (non-hydrogen) atoms. The second-order valence-electron chi connectivity index (χ2n) is 4.94. The van der Waals surface area contributed by atoms with Crippen molar-refractivity contribution in [3.05, 3.63) is 29.3 Å². The van der Waals surface area contributed by atoms with Gasteiger partial charge in [0.05, 0.1) is 6.61 Å². The summed E-state index contributed by atoms with van der Waals surface area (Å²) in [5.74, 6) is 1.02. The smallest absolute Gasteiger partial charge is 0.123 e. The molecule has 2 heteroatoms. The molecule has 82 valence electrons. The molecule has 2 nitrogen and oxygen atoms in total. The van der Waals surface area contributed by atoms with Gasteiger partial charge in [-0.25, -0.2) is 0 Å². The first-order valence-electron chi connectivity index (χ1n) is 5.57. The van der Waals surface area contributed by atoms with Crippen molar-refractivity contribution in [3.8, 4) is 5.75 Å². The fourth-order valence-corrected chi connectivity index (χ4v) is 2.00. The Morgan fingerprint density at radius 3 is 2.87 bits per heavy atom. The van der Waals surface area contributed by atoms with Gasteiger partial charge in [0.1, 0.15) is 5.75 Å². The molecule has 0 radical (unpaired) electrons. The molecule has 1 unspecified atom stereocenters. The van der Waals surface area contributed by atoms with E-state index in [4.69, 9.17) is 10.5 Å². The lowest BCUT2D eigenvalue weighted by Gasteiger charge is -2.17. The molecule has 1 aromatic carbocycles. The van der Waals surface area contributed by atoms with Gasteiger partial charge in [-0.3, -0.25) is 0 Å². The van der Waals surface area contributed by atoms with Gasteiger partial charge in [0, 0.05) is 17.0 Å². The third kappa shape index (κ3) is 1.74. The fourth-order valence-electron chi connectivity index (χ4n) is 2.00. The number of fused-ring (bicyclic) bond motifs is 1. The van der Waals surface area contributed by atoms with E-state index in [9.17, 15) is 0 Å². The Kier molecular flexibility index (Phi) is 2.47. The highest BCUT2D eigenvalue weighted by Crippen LogP contribution is 2.39. The van der Waals surface area contributed by atoms with Crippen LogP contribution in [0.15, 0.2) is 18.2 Å². The molecule has 1 heterocycles. The molecule has 1 aromatic rings. The van der Waals surface area contributed by atoms with Crippen molar-refractivity contribution in [2.75, 3.05) is 6.61 Å². The Morgan fingerprint density at radius 2 is 2.20 bits per heavy atom. The number of hydrogen-bond acceptors (Lipinski definition) is 2. The molecule has 0 spiro atoms. The van der Waals surface area contributed by atoms with Crippen molar-refractivity contribution in [1.82, 2.24) is 0 Å². The van der Waals surface area contributed by atoms with Crippen LogP contribution < -0.4 is 10.5 Å². The number of hydrogen-bond donors (Lipinski definition) is 1. The highest BCUT2D eigenvalue weighted by molar-refractivity contribution is 5.45. The molecule has 0 bridgehead atoms. The molecule has 1 aliphatic heterocycles. The largest absolute Gasteiger partial charge is 0.492 e. The molecular formula is C13H19NO. The minimum atomic E-state index is 0.124. The van der Waals surface area contributed by atoms with E-state index in [0.29, 0.717) is 0 Å². The van der Waals surface area contributed by atoms with Crippen molar-refractivity contribution >= 4 is 0 Å². The second kappa shape index (κ2) is 3.53. The van der Waals surface area contributed by atoms with E-state index < -0.39 is 0 Å². The molecule has 1 aliphatic rings. The summed E-state index contributed by atoms with van der Waals surface area (Å²) in [6.45, 7) is 7.30. The second-order valence-corrected chi connectivity index (χ2v) is 4.94. The highest BCUT2D eigenvalue weighted by Gasteiger charge is 2.31. The summed E-state index contributed by atoms with van der Waals surface area (Å²) < 4.78 is 5.64. The summed E-state index contributed by atoms with van der Waals surface area (Å²) in [6, 6.07) is 6.48. The first kappa shape index (κ1) is 10.5. The van der Waals surface area contributed by atoms with Crippen LogP contribution in [-0.4, -0.2) is 6.61 Å². The average molecular weight is 205 g/mol. The molecule has 0 aliphatic carbocycles. The molecule has 1 atom stereocenters. The minimum absolute atomic E-state index is 0.124. The average Bonchev–Trinajstić information content (AvgIpc) is 2.53. The number of rotatable bonds is 2. The molecule has 0 amide bonds. The van der Waals surface area contributed by atoms with E-state index in [1.54, 1.807) is 0 Å². The van der Waals surface area contributed by atoms with Gasteiger partial charge in [-0.1, -0.05) is 26.8 Å². The Labute approximate surface area is 91.4 Å². The zero-order valence-corrected chi connectivity index (χ0v) is 9.71. The van der Waals surface area contributed by atoms with Crippen LogP contribution in [0.25, 0.3) is 0 Å². The summed E-state index contributed by atoms with van der Waals surface area (Å²) in [7, 11) is 0. The lowest BCUT2D eigenvalue weighted by atomic mass is 9.85. The van der Waals surface area contributed by atoms with Crippen LogP contribution in [0.3, 0.4) is 0 Å². The topological polar surface area (TPSA) is 35.2 Å². The van der Waals surface area contributed by atoms with E-state index in [0.717, 1.165) is 18.8 Å². The number of nitrogens with two attached hydrogens (primary N) is 1. The Morgan fingerprint density at radius 1 is 1.47 bits per heavy atom. The van der Waals surface area contributed by atoms with E-state index in [2.05, 4.69) is 39.0 Å². The van der Waals surface area contributed by atoms with E-state index in [1.807, 2.05) is 0 Å². The van der Waals surface area contributed by atoms with Crippen LogP contribution in [0.1, 0.15) is 44.4 Å². The van der Waals surface area contributed by atoms with Gasteiger partial charge in [0.25, 0.3) is 0 Å². The summed E-state index contributed by atoms with van der Waals surface area (Å²) in [5.41, 5.74) is 8.67. The van der Waals surface area contributed by atoms with Gasteiger partial charge in [0.15, 0.2) is 0 Å². The maximum Gasteiger partial charge on any atom is 0.123 e. The van der Waals surface area contributed by atoms with Gasteiger partial charge in [0.2, 0.25) is 0 Å². The minimum Gasteiger partial charge on any atom is -0.492 e. The summed E-state index contributed by atoms with van der Waals surface area (Å²) >= 11 is 0. The van der Waals surface area contributed by atoms with Crippen molar-refractivity contribution < 1.29 is 4.74 Å². The van der Waals surface area contributed by atoms with Crippen LogP contribution in [0.4, 0.5) is 0 Å². The zero-order valence-electron chi connectivity index (χ0n) is 9.71. The normalized spacial score (nSPS) is 19.5. The van der Waals surface area contributed by atoms with Crippen LogP contribution >= 0.6 is 0 Å². The molecule has 0 aromatic heterocycles. The lowest BCUT2D eigenvalue weighted by molar-refractivity contribution is 0.291. The molecule has 2 rings (SSSR count). The van der Waals surface area contributed by atoms with E-state index >= 15 is 0 Å². The van der Waals surface area contributed by atoms with Gasteiger partial charge >= 0.3 is 0 Å². The maximum atomic E-state index is 6.04. The predicted molar refractivity (Wildman–Crippen MR) is 62.2 cm³/mol. The molecular weight excluding hydrogens is 186 g/mol. The Balaban J connectivity index is 2.41. The predicted octanol–water partition coefficient (Wildman–Crippen LogP) is 2.77. The maximum absolute atomic E-state index is 6.04. The Hall–Kier alpha value is -1.02. The van der Waals surface area contributed by atoms with Crippen LogP contribution in [0, 0.1) is 0 Å². The zero-order chi connectivity index (χ0) is 11.1. The fraction of sp³-hybridized carbons (Fsp3) is 0.538. The van der Waals surface area contributed by atoms with Crippen molar-refractivity contribution in [2.45, 2.75) is 38.6 Å². The monoisotopic (exact) mass is 205 g/mol. The quantitative estimate of drug-likeness (QED) is 0.805. The third-order valence-electron chi connectivity index (χ3n) is 3.19. The summed E-state index contributed by atoms with van der Waals surface area (Å²) in [4.78, 5) is 0. The van der Waals surface area contributed by atoms with Crippen LogP contribution in [-0.2, 0) is 5.41 Å². The summed E-state index contributed by atoms with van der Waals surface area (Å²) in [6.07, 6.45) is 0.972.